The Balaban J connectivity index is 1.31. The summed E-state index contributed by atoms with van der Waals surface area (Å²) in [7, 11) is 0. The van der Waals surface area contributed by atoms with Crippen LogP contribution in [0.2, 0.25) is 0 Å². The zero-order valence-corrected chi connectivity index (χ0v) is 19.1. The molecule has 1 aliphatic rings. The second-order valence-electron chi connectivity index (χ2n) is 7.90. The van der Waals surface area contributed by atoms with E-state index in [2.05, 4.69) is 25.5 Å². The Kier molecular flexibility index (Phi) is 7.63. The molecule has 0 unspecified atom stereocenters. The topological polar surface area (TPSA) is 79.4 Å². The number of nitrogens with one attached hydrogen (secondary N) is 2. The third kappa shape index (κ3) is 7.16. The summed E-state index contributed by atoms with van der Waals surface area (Å²) >= 11 is 1.30. The Morgan fingerprint density at radius 3 is 2.47 bits per heavy atom. The molecule has 11 heteroatoms. The molecule has 2 aromatic heterocycles. The Morgan fingerprint density at radius 2 is 1.74 bits per heavy atom. The average Bonchev–Trinajstić information content (AvgIpc) is 3.27. The lowest BCUT2D eigenvalue weighted by Gasteiger charge is -2.26. The molecule has 1 fully saturated rings. The fourth-order valence-corrected chi connectivity index (χ4v) is 4.33. The third-order valence-electron chi connectivity index (χ3n) is 5.13. The molecule has 0 radical (unpaired) electrons. The van der Waals surface area contributed by atoms with Crippen molar-refractivity contribution in [2.24, 2.45) is 0 Å². The maximum atomic E-state index is 12.4. The van der Waals surface area contributed by atoms with E-state index in [1.807, 2.05) is 12.1 Å². The summed E-state index contributed by atoms with van der Waals surface area (Å²) in [6.45, 7) is 1.54. The average molecular weight is 492 g/mol. The lowest BCUT2D eigenvalue weighted by atomic mass is 10.1. The van der Waals surface area contributed by atoms with E-state index in [-0.39, 0.29) is 5.75 Å². The standard InChI is InChI=1S/C23H24F3N5O2S/c24-23(25,26)15-33-18-9-7-16(8-10-18)21-28-20(14-34-21)30-22(32)29-19-6-4-5-17(27-19)13-31-11-2-1-3-12-31/h4-10,14H,1-3,11-13,15H2,(H2,27,29,30,32). The van der Waals surface area contributed by atoms with Gasteiger partial charge in [-0.1, -0.05) is 12.5 Å². The van der Waals surface area contributed by atoms with E-state index in [1.165, 1.54) is 42.7 Å². The number of amides is 2. The number of likely N-dealkylation sites (tertiary alicyclic amines) is 1. The number of rotatable bonds is 7. The molecule has 1 saturated heterocycles. The van der Waals surface area contributed by atoms with Crippen molar-refractivity contribution in [2.45, 2.75) is 32.0 Å². The smallest absolute Gasteiger partial charge is 0.422 e. The zero-order valence-electron chi connectivity index (χ0n) is 18.3. The quantitative estimate of drug-likeness (QED) is 0.438. The first-order chi connectivity index (χ1) is 16.3. The first-order valence-corrected chi connectivity index (χ1v) is 11.7. The number of carbonyl (C=O) groups is 1. The summed E-state index contributed by atoms with van der Waals surface area (Å²) in [6.07, 6.45) is -0.719. The van der Waals surface area contributed by atoms with Crippen LogP contribution >= 0.6 is 11.3 Å². The number of piperidine rings is 1. The normalized spacial score (nSPS) is 14.6. The predicted molar refractivity (Wildman–Crippen MR) is 125 cm³/mol. The van der Waals surface area contributed by atoms with Gasteiger partial charge in [0.2, 0.25) is 0 Å². The first kappa shape index (κ1) is 24.0. The van der Waals surface area contributed by atoms with Crippen molar-refractivity contribution in [2.75, 3.05) is 30.3 Å². The Morgan fingerprint density at radius 1 is 1.00 bits per heavy atom. The van der Waals surface area contributed by atoms with Gasteiger partial charge in [0.1, 0.15) is 22.4 Å². The minimum absolute atomic E-state index is 0.116. The van der Waals surface area contributed by atoms with Crippen LogP contribution in [0.15, 0.2) is 47.8 Å². The minimum Gasteiger partial charge on any atom is -0.484 e. The summed E-state index contributed by atoms with van der Waals surface area (Å²) in [6, 6.07) is 11.2. The van der Waals surface area contributed by atoms with Gasteiger partial charge in [0, 0.05) is 17.5 Å². The Hall–Kier alpha value is -3.18. The molecule has 180 valence electrons. The van der Waals surface area contributed by atoms with Crippen molar-refractivity contribution >= 4 is 29.0 Å². The number of thiazole rings is 1. The number of urea groups is 1. The molecule has 2 N–H and O–H groups in total. The van der Waals surface area contributed by atoms with Crippen LogP contribution in [-0.4, -0.2) is 46.8 Å². The minimum atomic E-state index is -4.39. The van der Waals surface area contributed by atoms with Crippen LogP contribution in [0.5, 0.6) is 5.75 Å². The van der Waals surface area contributed by atoms with Crippen LogP contribution in [0.4, 0.5) is 29.6 Å². The van der Waals surface area contributed by atoms with Crippen molar-refractivity contribution in [3.05, 3.63) is 53.5 Å². The number of ether oxygens (including phenoxy) is 1. The number of benzene rings is 1. The van der Waals surface area contributed by atoms with Gasteiger partial charge in [0.25, 0.3) is 0 Å². The van der Waals surface area contributed by atoms with Gasteiger partial charge in [0.05, 0.1) is 5.69 Å². The highest BCUT2D eigenvalue weighted by atomic mass is 32.1. The molecule has 1 aromatic carbocycles. The van der Waals surface area contributed by atoms with Crippen LogP contribution in [-0.2, 0) is 6.54 Å². The maximum absolute atomic E-state index is 12.4. The molecule has 0 bridgehead atoms. The molecule has 0 aliphatic carbocycles. The lowest BCUT2D eigenvalue weighted by molar-refractivity contribution is -0.153. The molecule has 0 spiro atoms. The number of pyridine rings is 1. The van der Waals surface area contributed by atoms with E-state index in [0.29, 0.717) is 22.2 Å². The second kappa shape index (κ2) is 10.8. The number of halogens is 3. The number of hydrogen-bond donors (Lipinski definition) is 2. The van der Waals surface area contributed by atoms with Crippen LogP contribution in [0, 0.1) is 0 Å². The lowest BCUT2D eigenvalue weighted by Crippen LogP contribution is -2.29. The van der Waals surface area contributed by atoms with Crippen molar-refractivity contribution in [3.8, 4) is 16.3 Å². The largest absolute Gasteiger partial charge is 0.484 e. The highest BCUT2D eigenvalue weighted by molar-refractivity contribution is 7.13. The summed E-state index contributed by atoms with van der Waals surface area (Å²) in [5.41, 5.74) is 1.60. The summed E-state index contributed by atoms with van der Waals surface area (Å²) < 4.78 is 41.5. The molecule has 0 saturated carbocycles. The molecule has 4 rings (SSSR count). The van der Waals surface area contributed by atoms with E-state index in [0.717, 1.165) is 25.3 Å². The van der Waals surface area contributed by atoms with E-state index >= 15 is 0 Å². The number of hydrogen-bond acceptors (Lipinski definition) is 6. The Bertz CT molecular complexity index is 1100. The van der Waals surface area contributed by atoms with Gasteiger partial charge >= 0.3 is 12.2 Å². The molecule has 3 aromatic rings. The number of nitrogens with zero attached hydrogens (tertiary/aromatic N) is 3. The monoisotopic (exact) mass is 491 g/mol. The predicted octanol–water partition coefficient (Wildman–Crippen LogP) is 5.78. The Labute approximate surface area is 199 Å². The molecule has 34 heavy (non-hydrogen) atoms. The van der Waals surface area contributed by atoms with Crippen molar-refractivity contribution in [3.63, 3.8) is 0 Å². The van der Waals surface area contributed by atoms with Crippen molar-refractivity contribution in [1.82, 2.24) is 14.9 Å². The van der Waals surface area contributed by atoms with Gasteiger partial charge in [-0.15, -0.1) is 11.3 Å². The van der Waals surface area contributed by atoms with E-state index < -0.39 is 18.8 Å². The van der Waals surface area contributed by atoms with Crippen LogP contribution in [0.3, 0.4) is 0 Å². The molecule has 0 atom stereocenters. The van der Waals surface area contributed by atoms with Crippen molar-refractivity contribution in [1.29, 1.82) is 0 Å². The van der Waals surface area contributed by atoms with Gasteiger partial charge in [-0.2, -0.15) is 13.2 Å². The van der Waals surface area contributed by atoms with Gasteiger partial charge in [-0.05, 0) is 62.3 Å². The van der Waals surface area contributed by atoms with Gasteiger partial charge in [0.15, 0.2) is 6.61 Å². The fraction of sp³-hybridized carbons (Fsp3) is 0.348. The maximum Gasteiger partial charge on any atom is 0.422 e. The number of aromatic nitrogens is 2. The third-order valence-corrected chi connectivity index (χ3v) is 6.02. The van der Waals surface area contributed by atoms with Crippen LogP contribution in [0.25, 0.3) is 10.6 Å². The molecule has 2 amide bonds. The summed E-state index contributed by atoms with van der Waals surface area (Å²) in [5, 5.41) is 7.70. The number of carbonyl (C=O) groups excluding carboxylic acids is 1. The number of alkyl halides is 3. The van der Waals surface area contributed by atoms with E-state index in [4.69, 9.17) is 4.74 Å². The van der Waals surface area contributed by atoms with E-state index in [1.54, 1.807) is 23.6 Å². The van der Waals surface area contributed by atoms with E-state index in [9.17, 15) is 18.0 Å². The summed E-state index contributed by atoms with van der Waals surface area (Å²) in [5.74, 6) is 0.932. The molecule has 7 nitrogen and oxygen atoms in total. The van der Waals surface area contributed by atoms with Gasteiger partial charge in [-0.25, -0.2) is 14.8 Å². The van der Waals surface area contributed by atoms with Gasteiger partial charge < -0.3 is 4.74 Å². The fourth-order valence-electron chi connectivity index (χ4n) is 3.57. The van der Waals surface area contributed by atoms with Crippen LogP contribution in [0.1, 0.15) is 25.0 Å². The SMILES string of the molecule is O=C(Nc1cccc(CN2CCCCC2)n1)Nc1csc(-c2ccc(OCC(F)(F)F)cc2)n1. The molecule has 3 heterocycles. The highest BCUT2D eigenvalue weighted by Crippen LogP contribution is 2.28. The second-order valence-corrected chi connectivity index (χ2v) is 8.75. The van der Waals surface area contributed by atoms with Crippen molar-refractivity contribution < 1.29 is 22.7 Å². The van der Waals surface area contributed by atoms with Gasteiger partial charge in [-0.3, -0.25) is 15.5 Å². The zero-order chi connectivity index (χ0) is 24.0. The molecular formula is C23H24F3N5O2S. The summed E-state index contributed by atoms with van der Waals surface area (Å²) in [4.78, 5) is 23.7. The molecule has 1 aliphatic heterocycles. The first-order valence-electron chi connectivity index (χ1n) is 10.9. The highest BCUT2D eigenvalue weighted by Gasteiger charge is 2.28. The van der Waals surface area contributed by atoms with Crippen LogP contribution < -0.4 is 15.4 Å². The number of anilines is 2. The molecular weight excluding hydrogens is 467 g/mol.